The summed E-state index contributed by atoms with van der Waals surface area (Å²) in [5.74, 6) is 2.87. The number of piperidine rings is 1. The molecular formula is C22H32N. The lowest BCUT2D eigenvalue weighted by Crippen LogP contribution is -2.35. The molecule has 3 aliphatic rings. The molecule has 1 aromatic rings. The molecule has 3 fully saturated rings. The first-order valence-corrected chi connectivity index (χ1v) is 10.1. The Hall–Kier alpha value is -0.980. The normalized spacial score (nSPS) is 24.6. The molecule has 2 aliphatic carbocycles. The van der Waals surface area contributed by atoms with Gasteiger partial charge < -0.3 is 4.90 Å². The van der Waals surface area contributed by atoms with E-state index >= 15 is 0 Å². The Kier molecular flexibility index (Phi) is 4.92. The summed E-state index contributed by atoms with van der Waals surface area (Å²) in [5, 5.41) is 0. The third kappa shape index (κ3) is 3.59. The van der Waals surface area contributed by atoms with Gasteiger partial charge in [0.2, 0.25) is 0 Å². The molecule has 1 radical (unpaired) electrons. The van der Waals surface area contributed by atoms with Gasteiger partial charge in [-0.3, -0.25) is 0 Å². The first kappa shape index (κ1) is 15.5. The van der Waals surface area contributed by atoms with Gasteiger partial charge in [0.1, 0.15) is 0 Å². The third-order valence-corrected chi connectivity index (χ3v) is 6.76. The van der Waals surface area contributed by atoms with Crippen LogP contribution in [0.15, 0.2) is 18.2 Å². The minimum atomic E-state index is 0.822. The molecule has 0 aromatic heterocycles. The predicted octanol–water partition coefficient (Wildman–Crippen LogP) is 5.94. The zero-order chi connectivity index (χ0) is 15.5. The van der Waals surface area contributed by atoms with Crippen molar-refractivity contribution in [3.05, 3.63) is 29.8 Å². The minimum Gasteiger partial charge on any atom is -0.371 e. The summed E-state index contributed by atoms with van der Waals surface area (Å²) in [4.78, 5) is 2.68. The SMILES string of the molecule is [c]1ccc(N2CCC(CC3CCCCC3)CC2)c(C2CCC2)c1. The highest BCUT2D eigenvalue weighted by atomic mass is 15.1. The molecule has 1 saturated heterocycles. The Balaban J connectivity index is 1.34. The number of benzene rings is 1. The minimum absolute atomic E-state index is 0.822. The van der Waals surface area contributed by atoms with Gasteiger partial charge in [0, 0.05) is 18.8 Å². The van der Waals surface area contributed by atoms with E-state index < -0.39 is 0 Å². The topological polar surface area (TPSA) is 3.24 Å². The van der Waals surface area contributed by atoms with Crippen LogP contribution in [0.5, 0.6) is 0 Å². The van der Waals surface area contributed by atoms with Crippen molar-refractivity contribution < 1.29 is 0 Å². The largest absolute Gasteiger partial charge is 0.371 e. The molecule has 0 amide bonds. The Bertz CT molecular complexity index is 490. The van der Waals surface area contributed by atoms with Crippen LogP contribution in [0.4, 0.5) is 5.69 Å². The highest BCUT2D eigenvalue weighted by Crippen LogP contribution is 2.42. The molecule has 1 heteroatoms. The van der Waals surface area contributed by atoms with E-state index in [4.69, 9.17) is 0 Å². The molecule has 0 atom stereocenters. The van der Waals surface area contributed by atoms with Crippen molar-refractivity contribution in [1.29, 1.82) is 0 Å². The molecule has 1 aromatic carbocycles. The predicted molar refractivity (Wildman–Crippen MR) is 98.0 cm³/mol. The Morgan fingerprint density at radius 2 is 1.61 bits per heavy atom. The monoisotopic (exact) mass is 310 g/mol. The highest BCUT2D eigenvalue weighted by Gasteiger charge is 2.27. The highest BCUT2D eigenvalue weighted by molar-refractivity contribution is 5.55. The van der Waals surface area contributed by atoms with E-state index in [1.807, 2.05) is 0 Å². The van der Waals surface area contributed by atoms with Gasteiger partial charge in [0.05, 0.1) is 0 Å². The van der Waals surface area contributed by atoms with Gasteiger partial charge in [0.15, 0.2) is 0 Å². The first-order valence-electron chi connectivity index (χ1n) is 10.1. The zero-order valence-corrected chi connectivity index (χ0v) is 14.6. The van der Waals surface area contributed by atoms with Crippen molar-refractivity contribution in [3.63, 3.8) is 0 Å². The fourth-order valence-corrected chi connectivity index (χ4v) is 5.07. The van der Waals surface area contributed by atoms with E-state index in [0.29, 0.717) is 0 Å². The molecule has 2 saturated carbocycles. The van der Waals surface area contributed by atoms with Gasteiger partial charge >= 0.3 is 0 Å². The third-order valence-electron chi connectivity index (χ3n) is 6.76. The summed E-state index contributed by atoms with van der Waals surface area (Å²) in [7, 11) is 0. The van der Waals surface area contributed by atoms with E-state index in [1.165, 1.54) is 89.4 Å². The average molecular weight is 311 g/mol. The maximum Gasteiger partial charge on any atom is 0.0402 e. The quantitative estimate of drug-likeness (QED) is 0.665. The second-order valence-electron chi connectivity index (χ2n) is 8.28. The van der Waals surface area contributed by atoms with Crippen molar-refractivity contribution >= 4 is 5.69 Å². The number of anilines is 1. The number of rotatable bonds is 4. The standard InChI is InChI=1S/C22H32N/c1-2-7-18(8-3-1)17-19-13-15-23(16-14-19)22-12-5-4-11-21(22)20-9-6-10-20/h5,11-12,18-20H,1-3,6-10,13-17H2. The zero-order valence-electron chi connectivity index (χ0n) is 14.6. The van der Waals surface area contributed by atoms with Crippen LogP contribution in [0.3, 0.4) is 0 Å². The smallest absolute Gasteiger partial charge is 0.0402 e. The lowest BCUT2D eigenvalue weighted by Gasteiger charge is -2.38. The number of hydrogen-bond donors (Lipinski definition) is 0. The van der Waals surface area contributed by atoms with E-state index in [1.54, 1.807) is 5.56 Å². The van der Waals surface area contributed by atoms with Gasteiger partial charge in [-0.05, 0) is 73.6 Å². The Labute approximate surface area is 142 Å². The fourth-order valence-electron chi connectivity index (χ4n) is 5.07. The van der Waals surface area contributed by atoms with Crippen LogP contribution in [-0.4, -0.2) is 13.1 Å². The molecule has 23 heavy (non-hydrogen) atoms. The van der Waals surface area contributed by atoms with Gasteiger partial charge in [-0.25, -0.2) is 0 Å². The van der Waals surface area contributed by atoms with Crippen molar-refractivity contribution in [2.75, 3.05) is 18.0 Å². The van der Waals surface area contributed by atoms with Crippen molar-refractivity contribution in [2.24, 2.45) is 11.8 Å². The molecule has 0 bridgehead atoms. The molecular weight excluding hydrogens is 278 g/mol. The van der Waals surface area contributed by atoms with Crippen molar-refractivity contribution in [2.45, 2.75) is 76.5 Å². The Morgan fingerprint density at radius 1 is 0.870 bits per heavy atom. The summed E-state index contributed by atoms with van der Waals surface area (Å²) in [6, 6.07) is 10.0. The van der Waals surface area contributed by atoms with Gasteiger partial charge in [0.25, 0.3) is 0 Å². The molecule has 1 heterocycles. The van der Waals surface area contributed by atoms with Crippen molar-refractivity contribution in [3.8, 4) is 0 Å². The lowest BCUT2D eigenvalue weighted by molar-refractivity contribution is 0.260. The average Bonchev–Trinajstić information content (AvgIpc) is 2.56. The van der Waals surface area contributed by atoms with Gasteiger partial charge in [-0.1, -0.05) is 44.6 Å². The second-order valence-corrected chi connectivity index (χ2v) is 8.28. The van der Waals surface area contributed by atoms with Gasteiger partial charge in [-0.15, -0.1) is 0 Å². The number of hydrogen-bond acceptors (Lipinski definition) is 1. The molecule has 0 unspecified atom stereocenters. The number of nitrogens with zero attached hydrogens (tertiary/aromatic N) is 1. The van der Waals surface area contributed by atoms with Crippen LogP contribution in [0.25, 0.3) is 0 Å². The summed E-state index contributed by atoms with van der Waals surface area (Å²) in [6.07, 6.45) is 16.1. The molecule has 0 N–H and O–H groups in total. The molecule has 1 aliphatic heterocycles. The van der Waals surface area contributed by atoms with E-state index in [9.17, 15) is 0 Å². The molecule has 0 spiro atoms. The molecule has 1 nitrogen and oxygen atoms in total. The molecule has 125 valence electrons. The molecule has 4 rings (SSSR count). The van der Waals surface area contributed by atoms with Crippen LogP contribution in [0, 0.1) is 17.9 Å². The summed E-state index contributed by atoms with van der Waals surface area (Å²) < 4.78 is 0. The summed E-state index contributed by atoms with van der Waals surface area (Å²) in [6.45, 7) is 2.56. The van der Waals surface area contributed by atoms with Crippen LogP contribution in [0.1, 0.15) is 82.1 Å². The summed E-state index contributed by atoms with van der Waals surface area (Å²) in [5.41, 5.74) is 3.12. The Morgan fingerprint density at radius 3 is 2.30 bits per heavy atom. The summed E-state index contributed by atoms with van der Waals surface area (Å²) >= 11 is 0. The maximum atomic E-state index is 3.33. The van der Waals surface area contributed by atoms with Gasteiger partial charge in [-0.2, -0.15) is 0 Å². The maximum absolute atomic E-state index is 3.33. The van der Waals surface area contributed by atoms with E-state index in [2.05, 4.69) is 29.2 Å². The van der Waals surface area contributed by atoms with Crippen LogP contribution >= 0.6 is 0 Å². The first-order chi connectivity index (χ1) is 11.4. The lowest BCUT2D eigenvalue weighted by atomic mass is 9.78. The van der Waals surface area contributed by atoms with Crippen LogP contribution < -0.4 is 4.90 Å². The fraction of sp³-hybridized carbons (Fsp3) is 0.727. The van der Waals surface area contributed by atoms with Crippen molar-refractivity contribution in [1.82, 2.24) is 0 Å². The van der Waals surface area contributed by atoms with Crippen LogP contribution in [0.2, 0.25) is 0 Å². The van der Waals surface area contributed by atoms with E-state index in [-0.39, 0.29) is 0 Å². The second kappa shape index (κ2) is 7.28. The van der Waals surface area contributed by atoms with Crippen LogP contribution in [-0.2, 0) is 0 Å². The van der Waals surface area contributed by atoms with E-state index in [0.717, 1.165) is 17.8 Å².